The lowest BCUT2D eigenvalue weighted by molar-refractivity contribution is -0.928. The molecule has 0 radical (unpaired) electrons. The number of hydrogen-bond donors (Lipinski definition) is 1. The molecule has 5 heteroatoms. The summed E-state index contributed by atoms with van der Waals surface area (Å²) in [7, 11) is 2.10. The lowest BCUT2D eigenvalue weighted by Gasteiger charge is -2.40. The van der Waals surface area contributed by atoms with Gasteiger partial charge in [-0.05, 0) is 37.0 Å². The molecule has 0 aromatic heterocycles. The van der Waals surface area contributed by atoms with Crippen LogP contribution < -0.4 is 0 Å². The minimum Gasteiger partial charge on any atom is -0.507 e. The third kappa shape index (κ3) is 3.45. The quantitative estimate of drug-likeness (QED) is 0.821. The molecule has 0 unspecified atom stereocenters. The molecule has 1 fully saturated rings. The van der Waals surface area contributed by atoms with E-state index in [4.69, 9.17) is 0 Å². The monoisotopic (exact) mass is 288 g/mol. The average molecular weight is 288 g/mol. The maximum absolute atomic E-state index is 12.6. The van der Waals surface area contributed by atoms with Crippen LogP contribution in [0.5, 0.6) is 5.75 Å². The van der Waals surface area contributed by atoms with Gasteiger partial charge in [0.05, 0.1) is 25.7 Å². The van der Waals surface area contributed by atoms with Crippen molar-refractivity contribution in [2.24, 2.45) is 5.92 Å². The van der Waals surface area contributed by atoms with E-state index in [0.29, 0.717) is 18.0 Å². The first-order valence-corrected chi connectivity index (χ1v) is 6.92. The predicted octanol–water partition coefficient (Wildman–Crippen LogP) is 3.79. The summed E-state index contributed by atoms with van der Waals surface area (Å²) in [5.41, 5.74) is -0.205. The molecule has 1 aromatic carbocycles. The van der Waals surface area contributed by atoms with Gasteiger partial charge in [-0.1, -0.05) is 6.92 Å². The van der Waals surface area contributed by atoms with Crippen LogP contribution in [0.4, 0.5) is 13.2 Å². The minimum atomic E-state index is -4.41. The second kappa shape index (κ2) is 5.28. The van der Waals surface area contributed by atoms with Crippen molar-refractivity contribution in [3.8, 4) is 5.75 Å². The Morgan fingerprint density at radius 1 is 1.25 bits per heavy atom. The highest BCUT2D eigenvalue weighted by molar-refractivity contribution is 5.37. The second-order valence-electron chi connectivity index (χ2n) is 6.25. The summed E-state index contributed by atoms with van der Waals surface area (Å²) < 4.78 is 38.5. The van der Waals surface area contributed by atoms with Gasteiger partial charge in [0.1, 0.15) is 12.3 Å². The fourth-order valence-corrected chi connectivity index (χ4v) is 2.76. The molecule has 2 rings (SSSR count). The van der Waals surface area contributed by atoms with Gasteiger partial charge < -0.3 is 9.59 Å². The van der Waals surface area contributed by atoms with Gasteiger partial charge in [0.2, 0.25) is 0 Å². The molecule has 1 aromatic rings. The second-order valence-corrected chi connectivity index (χ2v) is 6.25. The summed E-state index contributed by atoms with van der Waals surface area (Å²) in [6.45, 7) is 4.80. The number of aromatic hydroxyl groups is 1. The largest absolute Gasteiger partial charge is 0.507 e. The molecule has 20 heavy (non-hydrogen) atoms. The molecule has 2 nitrogen and oxygen atoms in total. The van der Waals surface area contributed by atoms with Crippen LogP contribution in [-0.4, -0.2) is 29.7 Å². The fraction of sp³-hybridized carbons (Fsp3) is 0.600. The number of benzene rings is 1. The number of halogens is 3. The third-order valence-electron chi connectivity index (χ3n) is 4.29. The molecule has 1 aliphatic heterocycles. The molecule has 0 saturated carbocycles. The van der Waals surface area contributed by atoms with Gasteiger partial charge in [0, 0.05) is 5.56 Å². The molecule has 1 heterocycles. The van der Waals surface area contributed by atoms with Gasteiger partial charge in [-0.2, -0.15) is 13.2 Å². The number of quaternary nitrogens is 1. The topological polar surface area (TPSA) is 20.2 Å². The maximum atomic E-state index is 12.6. The summed E-state index contributed by atoms with van der Waals surface area (Å²) >= 11 is 0. The smallest absolute Gasteiger partial charge is 0.416 e. The molecule has 1 saturated heterocycles. The molecule has 0 aliphatic carbocycles. The Balaban J connectivity index is 2.14. The van der Waals surface area contributed by atoms with Crippen molar-refractivity contribution >= 4 is 0 Å². The van der Waals surface area contributed by atoms with E-state index in [-0.39, 0.29) is 5.75 Å². The number of hydrogen-bond acceptors (Lipinski definition) is 1. The highest BCUT2D eigenvalue weighted by Gasteiger charge is 2.33. The van der Waals surface area contributed by atoms with Crippen molar-refractivity contribution in [2.45, 2.75) is 32.5 Å². The highest BCUT2D eigenvalue weighted by Crippen LogP contribution is 2.34. The Hall–Kier alpha value is -1.23. The number of nitrogens with zero attached hydrogens (tertiary/aromatic N) is 1. The van der Waals surface area contributed by atoms with E-state index in [1.807, 2.05) is 0 Å². The van der Waals surface area contributed by atoms with E-state index >= 15 is 0 Å². The Labute approximate surface area is 117 Å². The number of alkyl halides is 3. The van der Waals surface area contributed by atoms with Crippen LogP contribution in [0.2, 0.25) is 0 Å². The molecule has 0 amide bonds. The van der Waals surface area contributed by atoms with E-state index in [9.17, 15) is 18.3 Å². The minimum absolute atomic E-state index is 0.252. The van der Waals surface area contributed by atoms with Crippen LogP contribution in [0.1, 0.15) is 30.9 Å². The summed E-state index contributed by atoms with van der Waals surface area (Å²) in [4.78, 5) is 0. The Morgan fingerprint density at radius 3 is 2.35 bits per heavy atom. The van der Waals surface area contributed by atoms with Crippen LogP contribution >= 0.6 is 0 Å². The zero-order valence-corrected chi connectivity index (χ0v) is 11.9. The van der Waals surface area contributed by atoms with Gasteiger partial charge in [0.15, 0.2) is 0 Å². The molecule has 1 N–H and O–H groups in total. The standard InChI is InChI=1S/C15H20F3NO/c1-11-5-7-19(2,8-6-11)10-12-3-4-13(9-14(12)20)15(16,17)18/h3-4,9,11H,5-8,10H2,1-2H3/p+1. The van der Waals surface area contributed by atoms with Crippen molar-refractivity contribution in [1.82, 2.24) is 0 Å². The van der Waals surface area contributed by atoms with Crippen LogP contribution in [0, 0.1) is 5.92 Å². The van der Waals surface area contributed by atoms with Gasteiger partial charge in [-0.3, -0.25) is 0 Å². The van der Waals surface area contributed by atoms with Crippen LogP contribution in [-0.2, 0) is 12.7 Å². The lowest BCUT2D eigenvalue weighted by atomic mass is 9.96. The summed E-state index contributed by atoms with van der Waals surface area (Å²) in [6.07, 6.45) is -2.16. The summed E-state index contributed by atoms with van der Waals surface area (Å²) in [5, 5.41) is 9.84. The van der Waals surface area contributed by atoms with Gasteiger partial charge in [-0.15, -0.1) is 0 Å². The van der Waals surface area contributed by atoms with E-state index < -0.39 is 11.7 Å². The normalized spacial score (nSPS) is 27.6. The van der Waals surface area contributed by atoms with E-state index in [1.165, 1.54) is 6.07 Å². The molecular formula is C15H21F3NO+. The lowest BCUT2D eigenvalue weighted by Crippen LogP contribution is -2.48. The summed E-state index contributed by atoms with van der Waals surface area (Å²) in [6, 6.07) is 3.28. The third-order valence-corrected chi connectivity index (χ3v) is 4.29. The molecule has 0 atom stereocenters. The first-order valence-electron chi connectivity index (χ1n) is 6.92. The van der Waals surface area contributed by atoms with Crippen LogP contribution in [0.15, 0.2) is 18.2 Å². The zero-order valence-electron chi connectivity index (χ0n) is 11.9. The maximum Gasteiger partial charge on any atom is 0.416 e. The molecule has 1 aliphatic rings. The van der Waals surface area contributed by atoms with Crippen molar-refractivity contribution < 1.29 is 22.8 Å². The predicted molar refractivity (Wildman–Crippen MR) is 71.1 cm³/mol. The highest BCUT2D eigenvalue weighted by atomic mass is 19.4. The summed E-state index contributed by atoms with van der Waals surface area (Å²) in [5.74, 6) is 0.459. The van der Waals surface area contributed by atoms with Crippen molar-refractivity contribution in [1.29, 1.82) is 0 Å². The van der Waals surface area contributed by atoms with E-state index in [0.717, 1.165) is 42.5 Å². The van der Waals surface area contributed by atoms with Gasteiger partial charge in [0.25, 0.3) is 0 Å². The average Bonchev–Trinajstić information content (AvgIpc) is 2.35. The number of piperidine rings is 1. The fourth-order valence-electron chi connectivity index (χ4n) is 2.76. The molecule has 0 spiro atoms. The van der Waals surface area contributed by atoms with E-state index in [2.05, 4.69) is 14.0 Å². The Bertz CT molecular complexity index is 476. The first-order chi connectivity index (χ1) is 9.20. The van der Waals surface area contributed by atoms with Crippen molar-refractivity contribution in [2.75, 3.05) is 20.1 Å². The number of phenolic OH excluding ortho intramolecular Hbond substituents is 1. The zero-order chi connectivity index (χ0) is 15.0. The van der Waals surface area contributed by atoms with E-state index in [1.54, 1.807) is 0 Å². The van der Waals surface area contributed by atoms with Crippen LogP contribution in [0.25, 0.3) is 0 Å². The van der Waals surface area contributed by atoms with Gasteiger partial charge in [-0.25, -0.2) is 0 Å². The van der Waals surface area contributed by atoms with Crippen molar-refractivity contribution in [3.05, 3.63) is 29.3 Å². The molecular weight excluding hydrogens is 267 g/mol. The first kappa shape index (κ1) is 15.2. The van der Waals surface area contributed by atoms with Gasteiger partial charge >= 0.3 is 6.18 Å². The number of likely N-dealkylation sites (tertiary alicyclic amines) is 1. The Morgan fingerprint density at radius 2 is 1.85 bits per heavy atom. The SMILES string of the molecule is CC1CC[N+](C)(Cc2ccc(C(F)(F)F)cc2O)CC1. The van der Waals surface area contributed by atoms with Crippen LogP contribution in [0.3, 0.4) is 0 Å². The van der Waals surface area contributed by atoms with Crippen molar-refractivity contribution in [3.63, 3.8) is 0 Å². The Kier molecular flexibility index (Phi) is 4.00. The molecule has 0 bridgehead atoms. The molecule has 112 valence electrons. The number of rotatable bonds is 2. The number of phenols is 1.